The van der Waals surface area contributed by atoms with E-state index in [0.29, 0.717) is 36.7 Å². The third kappa shape index (κ3) is 3.83. The monoisotopic (exact) mass is 373 g/mol. The molecule has 0 saturated carbocycles. The predicted molar refractivity (Wildman–Crippen MR) is 98.5 cm³/mol. The summed E-state index contributed by atoms with van der Waals surface area (Å²) in [6.07, 6.45) is 0.768. The highest BCUT2D eigenvalue weighted by atomic mass is 35.5. The van der Waals surface area contributed by atoms with Crippen molar-refractivity contribution in [3.05, 3.63) is 65.2 Å². The lowest BCUT2D eigenvalue weighted by atomic mass is 9.73. The van der Waals surface area contributed by atoms with Crippen LogP contribution in [-0.2, 0) is 15.0 Å². The second-order valence-electron chi connectivity index (χ2n) is 6.38. The molecule has 1 aliphatic rings. The van der Waals surface area contributed by atoms with Gasteiger partial charge in [0.05, 0.1) is 5.41 Å². The molecule has 0 atom stereocenters. The molecule has 136 valence electrons. The number of amides is 1. The van der Waals surface area contributed by atoms with Crippen LogP contribution >= 0.6 is 11.6 Å². The van der Waals surface area contributed by atoms with E-state index in [1.807, 2.05) is 30.3 Å². The highest BCUT2D eigenvalue weighted by Gasteiger charge is 2.43. The molecule has 3 rings (SSSR count). The first-order chi connectivity index (χ1) is 12.5. The normalized spacial score (nSPS) is 16.1. The number of rotatable bonds is 5. The number of carbonyl (C=O) groups excluding carboxylic acids is 1. The fourth-order valence-corrected chi connectivity index (χ4v) is 3.49. The molecule has 1 aliphatic heterocycles. The van der Waals surface area contributed by atoms with Gasteiger partial charge >= 0.3 is 5.97 Å². The molecule has 0 bridgehead atoms. The van der Waals surface area contributed by atoms with Crippen LogP contribution in [-0.4, -0.2) is 41.6 Å². The van der Waals surface area contributed by atoms with Crippen molar-refractivity contribution in [2.24, 2.45) is 0 Å². The van der Waals surface area contributed by atoms with Crippen LogP contribution in [0.3, 0.4) is 0 Å². The number of carbonyl (C=O) groups is 2. The molecule has 1 fully saturated rings. The first-order valence-electron chi connectivity index (χ1n) is 8.46. The number of aliphatic carboxylic acids is 1. The fourth-order valence-electron chi connectivity index (χ4n) is 3.31. The lowest BCUT2D eigenvalue weighted by molar-refractivity contribution is -0.148. The minimum Gasteiger partial charge on any atom is -0.484 e. The van der Waals surface area contributed by atoms with Gasteiger partial charge in [-0.05, 0) is 36.6 Å². The SMILES string of the molecule is O=C(COc1cccc(Cl)c1)N1CCC(C(=O)O)(c2ccccc2)CC1. The van der Waals surface area contributed by atoms with E-state index >= 15 is 0 Å². The molecule has 0 unspecified atom stereocenters. The summed E-state index contributed by atoms with van der Waals surface area (Å²) in [6.45, 7) is 0.684. The van der Waals surface area contributed by atoms with Crippen molar-refractivity contribution in [2.75, 3.05) is 19.7 Å². The number of halogens is 1. The van der Waals surface area contributed by atoms with Gasteiger partial charge in [0.25, 0.3) is 5.91 Å². The van der Waals surface area contributed by atoms with Crippen molar-refractivity contribution in [1.82, 2.24) is 4.90 Å². The number of carboxylic acids is 1. The Labute approximate surface area is 157 Å². The van der Waals surface area contributed by atoms with E-state index in [1.54, 1.807) is 29.2 Å². The minimum absolute atomic E-state index is 0.0915. The molecule has 6 heteroatoms. The average molecular weight is 374 g/mol. The van der Waals surface area contributed by atoms with Gasteiger partial charge in [0.15, 0.2) is 6.61 Å². The highest BCUT2D eigenvalue weighted by molar-refractivity contribution is 6.30. The van der Waals surface area contributed by atoms with Crippen molar-refractivity contribution in [3.8, 4) is 5.75 Å². The standard InChI is InChI=1S/C20H20ClNO4/c21-16-7-4-8-17(13-16)26-14-18(23)22-11-9-20(10-12-22,19(24)25)15-5-2-1-3-6-15/h1-8,13H,9-12,14H2,(H,24,25). The number of benzene rings is 2. The van der Waals surface area contributed by atoms with Crippen LogP contribution < -0.4 is 4.74 Å². The van der Waals surface area contributed by atoms with Gasteiger partial charge in [0, 0.05) is 18.1 Å². The summed E-state index contributed by atoms with van der Waals surface area (Å²) in [5.74, 6) is -0.463. The first-order valence-corrected chi connectivity index (χ1v) is 8.84. The van der Waals surface area contributed by atoms with Crippen molar-refractivity contribution in [3.63, 3.8) is 0 Å². The second kappa shape index (κ2) is 7.79. The zero-order valence-corrected chi connectivity index (χ0v) is 15.0. The number of nitrogens with zero attached hydrogens (tertiary/aromatic N) is 1. The Morgan fingerprint density at radius 1 is 1.08 bits per heavy atom. The molecule has 5 nitrogen and oxygen atoms in total. The third-order valence-corrected chi connectivity index (χ3v) is 5.10. The van der Waals surface area contributed by atoms with Crippen molar-refractivity contribution < 1.29 is 19.4 Å². The molecule has 2 aromatic rings. The molecule has 1 amide bonds. The van der Waals surface area contributed by atoms with E-state index in [-0.39, 0.29) is 12.5 Å². The van der Waals surface area contributed by atoms with Crippen LogP contribution in [0.5, 0.6) is 5.75 Å². The quantitative estimate of drug-likeness (QED) is 0.872. The summed E-state index contributed by atoms with van der Waals surface area (Å²) in [7, 11) is 0. The van der Waals surface area contributed by atoms with Crippen molar-refractivity contribution >= 4 is 23.5 Å². The minimum atomic E-state index is -0.939. The fraction of sp³-hybridized carbons (Fsp3) is 0.300. The van der Waals surface area contributed by atoms with E-state index < -0.39 is 11.4 Å². The van der Waals surface area contributed by atoms with Gasteiger partial charge in [-0.1, -0.05) is 48.0 Å². The van der Waals surface area contributed by atoms with Crippen LogP contribution in [0.2, 0.25) is 5.02 Å². The van der Waals surface area contributed by atoms with Crippen LogP contribution in [0.4, 0.5) is 0 Å². The number of piperidine rings is 1. The predicted octanol–water partition coefficient (Wildman–Crippen LogP) is 3.36. The Morgan fingerprint density at radius 2 is 1.77 bits per heavy atom. The van der Waals surface area contributed by atoms with Crippen LogP contribution in [0.15, 0.2) is 54.6 Å². The summed E-state index contributed by atoms with van der Waals surface area (Å²) in [5, 5.41) is 10.3. The van der Waals surface area contributed by atoms with E-state index in [4.69, 9.17) is 16.3 Å². The highest BCUT2D eigenvalue weighted by Crippen LogP contribution is 2.36. The summed E-state index contributed by atoms with van der Waals surface area (Å²) in [5.41, 5.74) is -0.152. The molecule has 1 N–H and O–H groups in total. The number of ether oxygens (including phenoxy) is 1. The molecular weight excluding hydrogens is 354 g/mol. The van der Waals surface area contributed by atoms with Crippen molar-refractivity contribution in [1.29, 1.82) is 0 Å². The zero-order valence-electron chi connectivity index (χ0n) is 14.2. The Balaban J connectivity index is 1.62. The Morgan fingerprint density at radius 3 is 2.38 bits per heavy atom. The van der Waals surface area contributed by atoms with E-state index in [1.165, 1.54) is 0 Å². The lowest BCUT2D eigenvalue weighted by Crippen LogP contribution is -2.50. The maximum atomic E-state index is 12.4. The summed E-state index contributed by atoms with van der Waals surface area (Å²) in [4.78, 5) is 26.0. The van der Waals surface area contributed by atoms with Gasteiger partial charge in [-0.3, -0.25) is 9.59 Å². The number of hydrogen-bond donors (Lipinski definition) is 1. The molecule has 1 heterocycles. The van der Waals surface area contributed by atoms with Crippen LogP contribution in [0, 0.1) is 0 Å². The molecule has 0 radical (unpaired) electrons. The molecule has 1 saturated heterocycles. The number of carboxylic acid groups (broad SMARTS) is 1. The number of hydrogen-bond acceptors (Lipinski definition) is 3. The Bertz CT molecular complexity index is 785. The average Bonchev–Trinajstić information content (AvgIpc) is 2.67. The van der Waals surface area contributed by atoms with E-state index in [2.05, 4.69) is 0 Å². The van der Waals surface area contributed by atoms with Gasteiger partial charge in [-0.15, -0.1) is 0 Å². The van der Waals surface area contributed by atoms with Crippen LogP contribution in [0.1, 0.15) is 18.4 Å². The lowest BCUT2D eigenvalue weighted by Gasteiger charge is -2.39. The smallest absolute Gasteiger partial charge is 0.314 e. The third-order valence-electron chi connectivity index (χ3n) is 4.86. The Kier molecular flexibility index (Phi) is 5.47. The molecule has 2 aromatic carbocycles. The first kappa shape index (κ1) is 18.3. The van der Waals surface area contributed by atoms with Gasteiger partial charge in [0.1, 0.15) is 5.75 Å². The van der Waals surface area contributed by atoms with Gasteiger partial charge in [0.2, 0.25) is 0 Å². The molecule has 0 spiro atoms. The van der Waals surface area contributed by atoms with E-state index in [0.717, 1.165) is 5.56 Å². The maximum Gasteiger partial charge on any atom is 0.314 e. The summed E-state index contributed by atoms with van der Waals surface area (Å²) in [6, 6.07) is 16.1. The molecule has 0 aliphatic carbocycles. The Hall–Kier alpha value is -2.53. The summed E-state index contributed by atoms with van der Waals surface area (Å²) < 4.78 is 5.49. The van der Waals surface area contributed by atoms with Gasteiger partial charge in [-0.2, -0.15) is 0 Å². The largest absolute Gasteiger partial charge is 0.484 e. The van der Waals surface area contributed by atoms with E-state index in [9.17, 15) is 14.7 Å². The van der Waals surface area contributed by atoms with Crippen molar-refractivity contribution in [2.45, 2.75) is 18.3 Å². The number of likely N-dealkylation sites (tertiary alicyclic amines) is 1. The second-order valence-corrected chi connectivity index (χ2v) is 6.82. The summed E-state index contributed by atoms with van der Waals surface area (Å²) >= 11 is 5.90. The zero-order chi connectivity index (χ0) is 18.6. The molecule has 0 aromatic heterocycles. The van der Waals surface area contributed by atoms with Gasteiger partial charge < -0.3 is 14.7 Å². The molecular formula is C20H20ClNO4. The topological polar surface area (TPSA) is 66.8 Å². The van der Waals surface area contributed by atoms with Gasteiger partial charge in [-0.25, -0.2) is 0 Å². The molecule has 26 heavy (non-hydrogen) atoms. The van der Waals surface area contributed by atoms with Crippen LogP contribution in [0.25, 0.3) is 0 Å². The maximum absolute atomic E-state index is 12.4.